The van der Waals surface area contributed by atoms with Crippen molar-refractivity contribution in [3.8, 4) is 50.6 Å². The largest absolute Gasteiger partial charge is 0.497 e. The molecule has 1 aliphatic rings. The lowest BCUT2D eigenvalue weighted by molar-refractivity contribution is 0.270. The van der Waals surface area contributed by atoms with Crippen molar-refractivity contribution in [2.45, 2.75) is 31.7 Å². The number of ether oxygens (including phenoxy) is 3. The van der Waals surface area contributed by atoms with Gasteiger partial charge >= 0.3 is 0 Å². The molecule has 1 aliphatic heterocycles. The number of rotatable bonds is 9. The number of nitrogens with zero attached hydrogens (tertiary/aromatic N) is 1. The zero-order valence-electron chi connectivity index (χ0n) is 20.8. The van der Waals surface area contributed by atoms with Crippen LogP contribution < -0.4 is 19.5 Å². The maximum atomic E-state index is 6.62. The fourth-order valence-corrected chi connectivity index (χ4v) is 4.74. The van der Waals surface area contributed by atoms with Crippen LogP contribution in [0.25, 0.3) is 33.4 Å². The smallest absolute Gasteiger partial charge is 0.134 e. The molecule has 1 N–H and O–H groups in total. The van der Waals surface area contributed by atoms with Crippen LogP contribution in [0.3, 0.4) is 0 Å². The van der Waals surface area contributed by atoms with Crippen LogP contribution in [0, 0.1) is 0 Å². The number of hydrogen-bond acceptors (Lipinski definition) is 6. The highest BCUT2D eigenvalue weighted by Gasteiger charge is 2.19. The second kappa shape index (κ2) is 11.3. The van der Waals surface area contributed by atoms with Crippen molar-refractivity contribution < 1.29 is 18.7 Å². The SMILES string of the molecule is COc1ccc(-c2cc(-c3cnoc3)cc(-c3ccc(OC)cc3)c2OCCC2CCCCN2)cc1. The summed E-state index contributed by atoms with van der Waals surface area (Å²) < 4.78 is 22.6. The molecular weight excluding hydrogens is 452 g/mol. The predicted molar refractivity (Wildman–Crippen MR) is 142 cm³/mol. The summed E-state index contributed by atoms with van der Waals surface area (Å²) in [6, 6.07) is 21.0. The molecule has 0 radical (unpaired) electrons. The lowest BCUT2D eigenvalue weighted by Crippen LogP contribution is -2.35. The summed E-state index contributed by atoms with van der Waals surface area (Å²) in [5.41, 5.74) is 6.05. The summed E-state index contributed by atoms with van der Waals surface area (Å²) >= 11 is 0. The van der Waals surface area contributed by atoms with E-state index < -0.39 is 0 Å². The molecule has 1 aromatic heterocycles. The molecule has 36 heavy (non-hydrogen) atoms. The highest BCUT2D eigenvalue weighted by Crippen LogP contribution is 2.43. The van der Waals surface area contributed by atoms with Gasteiger partial charge in [-0.2, -0.15) is 0 Å². The normalized spacial score (nSPS) is 15.4. The molecule has 0 saturated carbocycles. The van der Waals surface area contributed by atoms with E-state index in [-0.39, 0.29) is 0 Å². The Morgan fingerprint density at radius 2 is 1.47 bits per heavy atom. The quantitative estimate of drug-likeness (QED) is 0.289. The van der Waals surface area contributed by atoms with E-state index in [1.807, 2.05) is 24.3 Å². The molecule has 2 heterocycles. The molecular formula is C30H32N2O4. The molecule has 6 nitrogen and oxygen atoms in total. The molecule has 186 valence electrons. The molecule has 0 aliphatic carbocycles. The Morgan fingerprint density at radius 3 is 1.97 bits per heavy atom. The number of hydrogen-bond donors (Lipinski definition) is 1. The number of aromatic nitrogens is 1. The Bertz CT molecular complexity index is 1180. The van der Waals surface area contributed by atoms with Crippen LogP contribution in [-0.4, -0.2) is 38.6 Å². The third kappa shape index (κ3) is 5.39. The molecule has 1 atom stereocenters. The molecule has 6 heteroatoms. The van der Waals surface area contributed by atoms with Gasteiger partial charge < -0.3 is 24.1 Å². The number of methoxy groups -OCH3 is 2. The second-order valence-electron chi connectivity index (χ2n) is 9.05. The summed E-state index contributed by atoms with van der Waals surface area (Å²) in [5, 5.41) is 7.55. The third-order valence-corrected chi connectivity index (χ3v) is 6.78. The number of benzene rings is 3. The highest BCUT2D eigenvalue weighted by molar-refractivity contribution is 5.88. The summed E-state index contributed by atoms with van der Waals surface area (Å²) in [7, 11) is 3.36. The summed E-state index contributed by atoms with van der Waals surface area (Å²) in [5.74, 6) is 2.49. The second-order valence-corrected chi connectivity index (χ2v) is 9.05. The van der Waals surface area contributed by atoms with Gasteiger partial charge in [-0.15, -0.1) is 0 Å². The molecule has 0 spiro atoms. The molecule has 1 saturated heterocycles. The first kappa shape index (κ1) is 23.9. The summed E-state index contributed by atoms with van der Waals surface area (Å²) in [6.45, 7) is 1.73. The van der Waals surface area contributed by atoms with E-state index in [1.54, 1.807) is 26.7 Å². The van der Waals surface area contributed by atoms with Crippen molar-refractivity contribution in [3.05, 3.63) is 73.1 Å². The maximum absolute atomic E-state index is 6.62. The summed E-state index contributed by atoms with van der Waals surface area (Å²) in [4.78, 5) is 0. The fourth-order valence-electron chi connectivity index (χ4n) is 4.74. The van der Waals surface area contributed by atoms with Gasteiger partial charge in [-0.1, -0.05) is 35.8 Å². The molecule has 3 aromatic carbocycles. The van der Waals surface area contributed by atoms with Crippen LogP contribution in [0.4, 0.5) is 0 Å². The van der Waals surface area contributed by atoms with Crippen molar-refractivity contribution in [3.63, 3.8) is 0 Å². The van der Waals surface area contributed by atoms with Crippen molar-refractivity contribution in [2.24, 2.45) is 0 Å². The minimum atomic E-state index is 0.504. The van der Waals surface area contributed by atoms with Crippen LogP contribution in [0.15, 0.2) is 77.6 Å². The van der Waals surface area contributed by atoms with Crippen molar-refractivity contribution in [1.29, 1.82) is 0 Å². The van der Waals surface area contributed by atoms with Crippen molar-refractivity contribution in [2.75, 3.05) is 27.4 Å². The molecule has 0 amide bonds. The molecule has 1 unspecified atom stereocenters. The highest BCUT2D eigenvalue weighted by atomic mass is 16.5. The van der Waals surface area contributed by atoms with E-state index in [0.717, 1.165) is 63.6 Å². The average Bonchev–Trinajstić information content (AvgIpc) is 3.49. The average molecular weight is 485 g/mol. The van der Waals surface area contributed by atoms with Crippen LogP contribution >= 0.6 is 0 Å². The first-order valence-corrected chi connectivity index (χ1v) is 12.5. The molecule has 0 bridgehead atoms. The van der Waals surface area contributed by atoms with Gasteiger partial charge in [0.15, 0.2) is 0 Å². The Morgan fingerprint density at radius 1 is 0.833 bits per heavy atom. The molecule has 5 rings (SSSR count). The first-order valence-electron chi connectivity index (χ1n) is 12.5. The van der Waals surface area contributed by atoms with Crippen LogP contribution in [0.2, 0.25) is 0 Å². The monoisotopic (exact) mass is 484 g/mol. The number of piperidine rings is 1. The lowest BCUT2D eigenvalue weighted by atomic mass is 9.92. The Kier molecular flexibility index (Phi) is 7.52. The van der Waals surface area contributed by atoms with Gasteiger partial charge in [0, 0.05) is 22.7 Å². The standard InChI is InChI=1S/C30H32N2O4/c1-33-26-10-6-21(7-11-26)28-17-23(24-19-32-36-20-24)18-29(22-8-12-27(34-2)13-9-22)30(28)35-16-14-25-5-3-4-15-31-25/h6-13,17-20,25,31H,3-5,14-16H2,1-2H3. The first-order chi connectivity index (χ1) is 17.7. The van der Waals surface area contributed by atoms with E-state index >= 15 is 0 Å². The minimum Gasteiger partial charge on any atom is -0.497 e. The van der Waals surface area contributed by atoms with Gasteiger partial charge in [-0.3, -0.25) is 0 Å². The maximum Gasteiger partial charge on any atom is 0.134 e. The van der Waals surface area contributed by atoms with Gasteiger partial charge in [0.2, 0.25) is 0 Å². The van der Waals surface area contributed by atoms with Gasteiger partial charge in [-0.25, -0.2) is 0 Å². The van der Waals surface area contributed by atoms with Crippen LogP contribution in [0.5, 0.6) is 17.2 Å². The van der Waals surface area contributed by atoms with Crippen LogP contribution in [-0.2, 0) is 0 Å². The zero-order valence-corrected chi connectivity index (χ0v) is 20.8. The van der Waals surface area contributed by atoms with Gasteiger partial charge in [0.05, 0.1) is 27.0 Å². The van der Waals surface area contributed by atoms with Gasteiger partial charge in [-0.05, 0) is 78.9 Å². The fraction of sp³-hybridized carbons (Fsp3) is 0.300. The van der Waals surface area contributed by atoms with E-state index in [0.29, 0.717) is 12.6 Å². The summed E-state index contributed by atoms with van der Waals surface area (Å²) in [6.07, 6.45) is 8.11. The van der Waals surface area contributed by atoms with Gasteiger partial charge in [0.25, 0.3) is 0 Å². The van der Waals surface area contributed by atoms with Crippen molar-refractivity contribution in [1.82, 2.24) is 10.5 Å². The Balaban J connectivity index is 1.60. The molecule has 4 aromatic rings. The Labute approximate surface area is 212 Å². The van der Waals surface area contributed by atoms with E-state index in [2.05, 4.69) is 46.9 Å². The third-order valence-electron chi connectivity index (χ3n) is 6.78. The lowest BCUT2D eigenvalue weighted by Gasteiger charge is -2.24. The predicted octanol–water partition coefficient (Wildman–Crippen LogP) is 6.60. The van der Waals surface area contributed by atoms with E-state index in [4.69, 9.17) is 18.7 Å². The minimum absolute atomic E-state index is 0.504. The van der Waals surface area contributed by atoms with Crippen LogP contribution in [0.1, 0.15) is 25.7 Å². The van der Waals surface area contributed by atoms with Crippen molar-refractivity contribution >= 4 is 0 Å². The molecule has 1 fully saturated rings. The zero-order chi connectivity index (χ0) is 24.7. The van der Waals surface area contributed by atoms with Gasteiger partial charge in [0.1, 0.15) is 23.5 Å². The Hall–Kier alpha value is -3.77. The van der Waals surface area contributed by atoms with E-state index in [1.165, 1.54) is 19.3 Å². The van der Waals surface area contributed by atoms with E-state index in [9.17, 15) is 0 Å². The topological polar surface area (TPSA) is 65.8 Å². The number of nitrogens with one attached hydrogen (secondary N) is 1.